The number of carbonyl (C=O) groups excluding carboxylic acids is 1. The van der Waals surface area contributed by atoms with Gasteiger partial charge in [-0.1, -0.05) is 12.1 Å². The molecule has 0 spiro atoms. The summed E-state index contributed by atoms with van der Waals surface area (Å²) >= 11 is 0. The van der Waals surface area contributed by atoms with Crippen LogP contribution < -0.4 is 10.1 Å². The minimum atomic E-state index is -0.179. The Morgan fingerprint density at radius 3 is 2.96 bits per heavy atom. The van der Waals surface area contributed by atoms with Crippen LogP contribution in [0.25, 0.3) is 5.82 Å². The van der Waals surface area contributed by atoms with Crippen LogP contribution in [0.15, 0.2) is 49.3 Å². The van der Waals surface area contributed by atoms with Crippen LogP contribution in [0, 0.1) is 0 Å². The van der Waals surface area contributed by atoms with E-state index in [1.165, 1.54) is 23.7 Å². The van der Waals surface area contributed by atoms with Gasteiger partial charge in [0.1, 0.15) is 30.5 Å². The lowest BCUT2D eigenvalue weighted by molar-refractivity contribution is -0.115. The third-order valence-corrected chi connectivity index (χ3v) is 3.07. The van der Waals surface area contributed by atoms with E-state index in [2.05, 4.69) is 25.4 Å². The average Bonchev–Trinajstić information content (AvgIpc) is 3.09. The molecule has 0 radical (unpaired) electrons. The van der Waals surface area contributed by atoms with Crippen LogP contribution in [-0.2, 0) is 11.2 Å². The SMILES string of the molecule is COc1cccc(CC(=O)Nc2cc(-n3cncn3)ncn2)c1. The second-order valence-electron chi connectivity index (χ2n) is 4.68. The van der Waals surface area contributed by atoms with Crippen molar-refractivity contribution in [1.29, 1.82) is 0 Å². The number of ether oxygens (including phenoxy) is 1. The standard InChI is InChI=1S/C15H14N6O2/c1-23-12-4-2-3-11(5-12)6-15(22)20-13-7-14(18-9-17-13)21-10-16-8-19-21/h2-5,7-10H,6H2,1H3,(H,17,18,20,22). The highest BCUT2D eigenvalue weighted by Gasteiger charge is 2.08. The minimum Gasteiger partial charge on any atom is -0.497 e. The van der Waals surface area contributed by atoms with E-state index in [0.29, 0.717) is 17.4 Å². The van der Waals surface area contributed by atoms with Crippen molar-refractivity contribution in [3.05, 3.63) is 54.9 Å². The van der Waals surface area contributed by atoms with Gasteiger partial charge in [-0.25, -0.2) is 19.6 Å². The maximum Gasteiger partial charge on any atom is 0.229 e. The van der Waals surface area contributed by atoms with Gasteiger partial charge in [0.25, 0.3) is 0 Å². The molecule has 0 fully saturated rings. The van der Waals surface area contributed by atoms with Crippen molar-refractivity contribution in [3.8, 4) is 11.6 Å². The summed E-state index contributed by atoms with van der Waals surface area (Å²) in [5.74, 6) is 1.46. The maximum atomic E-state index is 12.1. The molecule has 0 saturated carbocycles. The van der Waals surface area contributed by atoms with Gasteiger partial charge in [-0.05, 0) is 17.7 Å². The summed E-state index contributed by atoms with van der Waals surface area (Å²) in [6, 6.07) is 8.98. The first kappa shape index (κ1) is 14.6. The predicted octanol–water partition coefficient (Wildman–Crippen LogP) is 1.25. The van der Waals surface area contributed by atoms with E-state index in [0.717, 1.165) is 5.56 Å². The zero-order valence-corrected chi connectivity index (χ0v) is 12.4. The molecule has 116 valence electrons. The fourth-order valence-electron chi connectivity index (χ4n) is 2.02. The van der Waals surface area contributed by atoms with Crippen LogP contribution in [0.1, 0.15) is 5.56 Å². The van der Waals surface area contributed by atoms with Gasteiger partial charge in [-0.3, -0.25) is 4.79 Å². The number of nitrogens with zero attached hydrogens (tertiary/aromatic N) is 5. The summed E-state index contributed by atoms with van der Waals surface area (Å²) in [7, 11) is 1.59. The van der Waals surface area contributed by atoms with Crippen LogP contribution in [0.4, 0.5) is 5.82 Å². The van der Waals surface area contributed by atoms with Crippen LogP contribution in [-0.4, -0.2) is 37.7 Å². The molecule has 0 unspecified atom stereocenters. The molecule has 0 aliphatic heterocycles. The molecule has 2 heterocycles. The van der Waals surface area contributed by atoms with Gasteiger partial charge < -0.3 is 10.1 Å². The molecular formula is C15H14N6O2. The van der Waals surface area contributed by atoms with Gasteiger partial charge >= 0.3 is 0 Å². The first-order chi connectivity index (χ1) is 11.2. The van der Waals surface area contributed by atoms with Gasteiger partial charge in [0.05, 0.1) is 13.5 Å². The van der Waals surface area contributed by atoms with Crippen molar-refractivity contribution in [2.45, 2.75) is 6.42 Å². The Kier molecular flexibility index (Phi) is 4.23. The van der Waals surface area contributed by atoms with E-state index in [1.54, 1.807) is 13.2 Å². The molecule has 0 aliphatic rings. The monoisotopic (exact) mass is 310 g/mol. The third kappa shape index (κ3) is 3.67. The second kappa shape index (κ2) is 6.65. The lowest BCUT2D eigenvalue weighted by Crippen LogP contribution is -2.16. The highest BCUT2D eigenvalue weighted by molar-refractivity contribution is 5.91. The van der Waals surface area contributed by atoms with Crippen LogP contribution in [0.3, 0.4) is 0 Å². The summed E-state index contributed by atoms with van der Waals surface area (Å²) in [6.07, 6.45) is 4.51. The number of methoxy groups -OCH3 is 1. The lowest BCUT2D eigenvalue weighted by Gasteiger charge is -2.07. The lowest BCUT2D eigenvalue weighted by atomic mass is 10.1. The fourth-order valence-corrected chi connectivity index (χ4v) is 2.02. The maximum absolute atomic E-state index is 12.1. The van der Waals surface area contributed by atoms with Gasteiger partial charge in [0.15, 0.2) is 5.82 Å². The van der Waals surface area contributed by atoms with Gasteiger partial charge in [0.2, 0.25) is 5.91 Å². The van der Waals surface area contributed by atoms with Crippen molar-refractivity contribution in [2.24, 2.45) is 0 Å². The number of anilines is 1. The number of rotatable bonds is 5. The largest absolute Gasteiger partial charge is 0.497 e. The Morgan fingerprint density at radius 2 is 2.17 bits per heavy atom. The first-order valence-electron chi connectivity index (χ1n) is 6.84. The molecule has 3 aromatic rings. The number of nitrogens with one attached hydrogen (secondary N) is 1. The number of hydrogen-bond donors (Lipinski definition) is 1. The highest BCUT2D eigenvalue weighted by atomic mass is 16.5. The third-order valence-electron chi connectivity index (χ3n) is 3.07. The van der Waals surface area contributed by atoms with E-state index in [-0.39, 0.29) is 12.3 Å². The van der Waals surface area contributed by atoms with E-state index >= 15 is 0 Å². The fraction of sp³-hybridized carbons (Fsp3) is 0.133. The van der Waals surface area contributed by atoms with E-state index in [9.17, 15) is 4.79 Å². The van der Waals surface area contributed by atoms with Gasteiger partial charge in [-0.15, -0.1) is 0 Å². The summed E-state index contributed by atoms with van der Waals surface area (Å²) in [6.45, 7) is 0. The Morgan fingerprint density at radius 1 is 1.26 bits per heavy atom. The Labute approximate surface area is 132 Å². The zero-order valence-electron chi connectivity index (χ0n) is 12.4. The molecule has 0 aliphatic carbocycles. The van der Waals surface area contributed by atoms with Gasteiger partial charge in [0, 0.05) is 6.07 Å². The highest BCUT2D eigenvalue weighted by Crippen LogP contribution is 2.14. The number of amides is 1. The van der Waals surface area contributed by atoms with E-state index < -0.39 is 0 Å². The molecule has 23 heavy (non-hydrogen) atoms. The number of carbonyl (C=O) groups is 1. The van der Waals surface area contributed by atoms with Crippen molar-refractivity contribution >= 4 is 11.7 Å². The smallest absolute Gasteiger partial charge is 0.229 e. The van der Waals surface area contributed by atoms with Crippen molar-refractivity contribution in [2.75, 3.05) is 12.4 Å². The molecule has 1 aromatic carbocycles. The molecule has 0 saturated heterocycles. The average molecular weight is 310 g/mol. The van der Waals surface area contributed by atoms with Crippen LogP contribution in [0.2, 0.25) is 0 Å². The quantitative estimate of drug-likeness (QED) is 0.762. The van der Waals surface area contributed by atoms with Crippen LogP contribution >= 0.6 is 0 Å². The van der Waals surface area contributed by atoms with Crippen molar-refractivity contribution < 1.29 is 9.53 Å². The molecule has 3 rings (SSSR count). The molecule has 0 atom stereocenters. The predicted molar refractivity (Wildman–Crippen MR) is 82.3 cm³/mol. The molecule has 0 bridgehead atoms. The number of aromatic nitrogens is 5. The Balaban J connectivity index is 1.69. The molecule has 8 heteroatoms. The molecule has 1 amide bonds. The van der Waals surface area contributed by atoms with Crippen LogP contribution in [0.5, 0.6) is 5.75 Å². The topological polar surface area (TPSA) is 94.8 Å². The molecule has 2 aromatic heterocycles. The first-order valence-corrected chi connectivity index (χ1v) is 6.84. The Hall–Kier alpha value is -3.29. The summed E-state index contributed by atoms with van der Waals surface area (Å²) in [5.41, 5.74) is 0.854. The van der Waals surface area contributed by atoms with E-state index in [4.69, 9.17) is 4.74 Å². The van der Waals surface area contributed by atoms with Crippen molar-refractivity contribution in [1.82, 2.24) is 24.7 Å². The minimum absolute atomic E-state index is 0.179. The van der Waals surface area contributed by atoms with Gasteiger partial charge in [-0.2, -0.15) is 5.10 Å². The number of hydrogen-bond acceptors (Lipinski definition) is 6. The Bertz CT molecular complexity index is 803. The summed E-state index contributed by atoms with van der Waals surface area (Å²) in [5, 5.41) is 6.72. The molecule has 8 nitrogen and oxygen atoms in total. The van der Waals surface area contributed by atoms with E-state index in [1.807, 2.05) is 24.3 Å². The summed E-state index contributed by atoms with van der Waals surface area (Å²) in [4.78, 5) is 24.1. The zero-order chi connectivity index (χ0) is 16.1. The number of benzene rings is 1. The summed E-state index contributed by atoms with van der Waals surface area (Å²) < 4.78 is 6.63. The molecule has 1 N–H and O–H groups in total. The normalized spacial score (nSPS) is 10.3. The van der Waals surface area contributed by atoms with Crippen molar-refractivity contribution in [3.63, 3.8) is 0 Å². The molecular weight excluding hydrogens is 296 g/mol. The second-order valence-corrected chi connectivity index (χ2v) is 4.68.